The molecule has 194 valence electrons. The second-order valence-electron chi connectivity index (χ2n) is 11.4. The Morgan fingerprint density at radius 2 is 1.89 bits per heavy atom. The Hall–Kier alpha value is -1.87. The summed E-state index contributed by atoms with van der Waals surface area (Å²) in [5, 5.41) is 26.8. The number of oxime groups is 1. The van der Waals surface area contributed by atoms with E-state index >= 15 is 0 Å². The lowest BCUT2D eigenvalue weighted by Crippen LogP contribution is -2.57. The predicted octanol–water partition coefficient (Wildman–Crippen LogP) is 3.14. The average Bonchev–Trinajstić information content (AvgIpc) is 3.09. The van der Waals surface area contributed by atoms with Gasteiger partial charge in [-0.25, -0.2) is 4.79 Å². The van der Waals surface area contributed by atoms with E-state index in [0.29, 0.717) is 24.2 Å². The lowest BCUT2D eigenvalue weighted by atomic mass is 9.46. The third-order valence-electron chi connectivity index (χ3n) is 9.90. The number of thiol groups is 1. The number of carboxylic acid groups (broad SMARTS) is 1. The van der Waals surface area contributed by atoms with Crippen molar-refractivity contribution in [1.82, 2.24) is 5.32 Å². The van der Waals surface area contributed by atoms with Crippen molar-refractivity contribution in [1.29, 1.82) is 0 Å². The Morgan fingerprint density at radius 3 is 2.54 bits per heavy atom. The van der Waals surface area contributed by atoms with Crippen LogP contribution in [0.3, 0.4) is 0 Å². The molecule has 7 atom stereocenters. The molecule has 0 unspecified atom stereocenters. The lowest BCUT2D eigenvalue weighted by Gasteiger charge is -2.59. The molecule has 0 radical (unpaired) electrons. The van der Waals surface area contributed by atoms with Crippen molar-refractivity contribution in [2.24, 2.45) is 33.7 Å². The first kappa shape index (κ1) is 26.2. The molecule has 0 aromatic carbocycles. The van der Waals surface area contributed by atoms with Crippen LogP contribution in [0, 0.1) is 28.6 Å². The van der Waals surface area contributed by atoms with Gasteiger partial charge < -0.3 is 20.4 Å². The average molecular weight is 507 g/mol. The molecule has 3 N–H and O–H groups in total. The number of carbonyl (C=O) groups is 3. The SMILES string of the molecule is CC(=O)[C@@]1(O)CC[C@H]2[C@@H]3CCC4=C/C(=N/OCC(=O)N[C@H](CS)C(=O)O)CC[C@]4(C)[C@H]3CC[C@@]21C. The molecule has 4 aliphatic carbocycles. The third kappa shape index (κ3) is 4.32. The van der Waals surface area contributed by atoms with E-state index in [4.69, 9.17) is 9.94 Å². The number of rotatable bonds is 7. The van der Waals surface area contributed by atoms with Gasteiger partial charge in [-0.2, -0.15) is 12.6 Å². The van der Waals surface area contributed by atoms with Crippen LogP contribution >= 0.6 is 12.6 Å². The quantitative estimate of drug-likeness (QED) is 0.311. The molecule has 0 spiro atoms. The van der Waals surface area contributed by atoms with Crippen LogP contribution in [0.1, 0.15) is 72.1 Å². The van der Waals surface area contributed by atoms with Gasteiger partial charge in [0.2, 0.25) is 0 Å². The molecule has 0 aromatic heterocycles. The molecular weight excluding hydrogens is 468 g/mol. The van der Waals surface area contributed by atoms with Gasteiger partial charge in [-0.15, -0.1) is 0 Å². The number of aliphatic hydroxyl groups is 1. The fourth-order valence-electron chi connectivity index (χ4n) is 7.83. The van der Waals surface area contributed by atoms with E-state index in [2.05, 4.69) is 43.0 Å². The minimum Gasteiger partial charge on any atom is -0.480 e. The molecule has 0 aromatic rings. The van der Waals surface area contributed by atoms with E-state index in [1.54, 1.807) is 6.92 Å². The van der Waals surface area contributed by atoms with Crippen LogP contribution in [0.25, 0.3) is 0 Å². The molecule has 0 bridgehead atoms. The molecule has 0 aliphatic heterocycles. The first-order valence-corrected chi connectivity index (χ1v) is 13.4. The number of allylic oxidation sites excluding steroid dienone is 2. The number of Topliss-reactive ketones (excluding diaryl/α,β-unsaturated/α-hetero) is 1. The Balaban J connectivity index is 1.43. The molecule has 4 aliphatic rings. The van der Waals surface area contributed by atoms with E-state index in [-0.39, 0.29) is 29.0 Å². The number of ketones is 1. The molecule has 0 heterocycles. The van der Waals surface area contributed by atoms with Crippen LogP contribution in [0.15, 0.2) is 16.8 Å². The summed E-state index contributed by atoms with van der Waals surface area (Å²) in [5.41, 5.74) is 0.729. The fourth-order valence-corrected chi connectivity index (χ4v) is 8.08. The lowest BCUT2D eigenvalue weighted by molar-refractivity contribution is -0.159. The number of nitrogens with one attached hydrogen (secondary N) is 1. The van der Waals surface area contributed by atoms with Gasteiger partial charge in [0.1, 0.15) is 11.6 Å². The summed E-state index contributed by atoms with van der Waals surface area (Å²) in [5.74, 6) is -0.363. The molecular formula is C26H38N2O6S. The number of carbonyl (C=O) groups excluding carboxylic acids is 2. The number of fused-ring (bicyclic) bond motifs is 5. The van der Waals surface area contributed by atoms with Gasteiger partial charge in [-0.3, -0.25) is 9.59 Å². The molecule has 0 saturated heterocycles. The topological polar surface area (TPSA) is 125 Å². The summed E-state index contributed by atoms with van der Waals surface area (Å²) in [4.78, 5) is 40.6. The second-order valence-corrected chi connectivity index (χ2v) is 11.8. The maximum Gasteiger partial charge on any atom is 0.327 e. The molecule has 1 amide bonds. The maximum atomic E-state index is 12.4. The van der Waals surface area contributed by atoms with Gasteiger partial charge in [0, 0.05) is 11.2 Å². The van der Waals surface area contributed by atoms with Crippen LogP contribution in [-0.4, -0.2) is 57.6 Å². The summed E-state index contributed by atoms with van der Waals surface area (Å²) in [6.07, 6.45) is 9.23. The van der Waals surface area contributed by atoms with Gasteiger partial charge in [0.25, 0.3) is 5.91 Å². The summed E-state index contributed by atoms with van der Waals surface area (Å²) in [6, 6.07) is -1.06. The highest BCUT2D eigenvalue weighted by Crippen LogP contribution is 2.67. The van der Waals surface area contributed by atoms with Gasteiger partial charge in [0.15, 0.2) is 12.4 Å². The summed E-state index contributed by atoms with van der Waals surface area (Å²) in [7, 11) is 0. The monoisotopic (exact) mass is 506 g/mol. The van der Waals surface area contributed by atoms with Crippen molar-refractivity contribution in [3.8, 4) is 0 Å². The Labute approximate surface area is 212 Å². The highest BCUT2D eigenvalue weighted by molar-refractivity contribution is 7.80. The van der Waals surface area contributed by atoms with Gasteiger partial charge in [0.05, 0.1) is 5.71 Å². The van der Waals surface area contributed by atoms with Crippen LogP contribution in [0.4, 0.5) is 0 Å². The Kier molecular flexibility index (Phi) is 7.14. The summed E-state index contributed by atoms with van der Waals surface area (Å²) >= 11 is 3.93. The zero-order valence-electron chi connectivity index (χ0n) is 20.9. The normalized spacial score (nSPS) is 40.1. The van der Waals surface area contributed by atoms with E-state index in [1.807, 2.05) is 0 Å². The molecule has 3 saturated carbocycles. The van der Waals surface area contributed by atoms with Gasteiger partial charge in [-0.1, -0.05) is 24.6 Å². The summed E-state index contributed by atoms with van der Waals surface area (Å²) < 4.78 is 0. The van der Waals surface area contributed by atoms with E-state index in [0.717, 1.165) is 50.7 Å². The van der Waals surface area contributed by atoms with Crippen LogP contribution in [0.2, 0.25) is 0 Å². The summed E-state index contributed by atoms with van der Waals surface area (Å²) in [6.45, 7) is 5.70. The zero-order valence-corrected chi connectivity index (χ0v) is 21.8. The standard InChI is InChI=1S/C26H38N2O6S/c1-15(29)26(33)11-8-20-18-5-4-16-12-17(28-34-13-22(30)27-21(14-35)23(31)32)6-9-24(16,2)19(18)7-10-25(20,26)3/h12,18-21,33,35H,4-11,13-14H2,1-3H3,(H,27,30)(H,31,32)/b28-17+/t18-,19+,20+,21-,24+,25+,26+/m1/s1. The molecule has 3 fully saturated rings. The van der Waals surface area contributed by atoms with Gasteiger partial charge in [-0.05, 0) is 87.5 Å². The van der Waals surface area contributed by atoms with Crippen LogP contribution in [-0.2, 0) is 19.2 Å². The smallest absolute Gasteiger partial charge is 0.327 e. The molecule has 35 heavy (non-hydrogen) atoms. The molecule has 8 nitrogen and oxygen atoms in total. The number of nitrogens with zero attached hydrogens (tertiary/aromatic N) is 1. The highest BCUT2D eigenvalue weighted by atomic mass is 32.1. The fraction of sp³-hybridized carbons (Fsp3) is 0.769. The Bertz CT molecular complexity index is 965. The number of aliphatic carboxylic acids is 1. The van der Waals surface area contributed by atoms with Crippen molar-refractivity contribution >= 4 is 36.0 Å². The highest BCUT2D eigenvalue weighted by Gasteiger charge is 2.65. The number of carboxylic acids is 1. The third-order valence-corrected chi connectivity index (χ3v) is 10.3. The predicted molar refractivity (Wildman–Crippen MR) is 134 cm³/mol. The Morgan fingerprint density at radius 1 is 1.17 bits per heavy atom. The molecule has 9 heteroatoms. The number of hydrogen-bond donors (Lipinski definition) is 4. The molecule has 4 rings (SSSR count). The van der Waals surface area contributed by atoms with Crippen LogP contribution in [0.5, 0.6) is 0 Å². The largest absolute Gasteiger partial charge is 0.480 e. The minimum absolute atomic E-state index is 0.00349. The number of amides is 1. The van der Waals surface area contributed by atoms with Crippen molar-refractivity contribution in [2.45, 2.75) is 83.8 Å². The van der Waals surface area contributed by atoms with E-state index in [1.165, 1.54) is 5.57 Å². The first-order chi connectivity index (χ1) is 16.5. The van der Waals surface area contributed by atoms with Gasteiger partial charge >= 0.3 is 5.97 Å². The van der Waals surface area contributed by atoms with Crippen molar-refractivity contribution in [3.63, 3.8) is 0 Å². The minimum atomic E-state index is -1.19. The zero-order chi connectivity index (χ0) is 25.6. The second kappa shape index (κ2) is 9.54. The maximum absolute atomic E-state index is 12.4. The first-order valence-electron chi connectivity index (χ1n) is 12.7. The number of hydrogen-bond acceptors (Lipinski definition) is 7. The van der Waals surface area contributed by atoms with Crippen molar-refractivity contribution in [3.05, 3.63) is 11.6 Å². The van der Waals surface area contributed by atoms with Crippen molar-refractivity contribution < 1.29 is 29.4 Å². The van der Waals surface area contributed by atoms with Crippen LogP contribution < -0.4 is 5.32 Å². The van der Waals surface area contributed by atoms with E-state index in [9.17, 15) is 19.5 Å². The van der Waals surface area contributed by atoms with Crippen molar-refractivity contribution in [2.75, 3.05) is 12.4 Å². The van der Waals surface area contributed by atoms with E-state index < -0.39 is 23.5 Å².